The van der Waals surface area contributed by atoms with Gasteiger partial charge in [0, 0.05) is 25.2 Å². The maximum atomic E-state index is 12.4. The molecule has 1 saturated heterocycles. The third-order valence-corrected chi connectivity index (χ3v) is 5.57. The van der Waals surface area contributed by atoms with Gasteiger partial charge in [-0.3, -0.25) is 4.90 Å². The van der Waals surface area contributed by atoms with Crippen LogP contribution < -0.4 is 9.46 Å². The molecule has 22 heavy (non-hydrogen) atoms. The number of ether oxygens (including phenoxy) is 1. The van der Waals surface area contributed by atoms with Crippen LogP contribution in [0, 0.1) is 5.92 Å². The Hall–Kier alpha value is -1.11. The van der Waals surface area contributed by atoms with Crippen LogP contribution in [0.5, 0.6) is 5.75 Å². The van der Waals surface area contributed by atoms with Crippen molar-refractivity contribution in [3.05, 3.63) is 29.8 Å². The molecule has 1 aliphatic rings. The molecule has 0 amide bonds. The first-order valence-electron chi connectivity index (χ1n) is 7.67. The normalized spacial score (nSPS) is 23.1. The van der Waals surface area contributed by atoms with Crippen molar-refractivity contribution in [3.63, 3.8) is 0 Å². The molecule has 2 rings (SSSR count). The molecule has 0 aromatic heterocycles. The molecule has 1 aromatic carbocycles. The van der Waals surface area contributed by atoms with E-state index < -0.39 is 10.0 Å². The van der Waals surface area contributed by atoms with Crippen LogP contribution in [0.15, 0.2) is 24.3 Å². The van der Waals surface area contributed by atoms with E-state index in [9.17, 15) is 8.42 Å². The summed E-state index contributed by atoms with van der Waals surface area (Å²) in [5.41, 5.74) is 0.734. The quantitative estimate of drug-likeness (QED) is 0.867. The molecule has 0 aliphatic carbocycles. The van der Waals surface area contributed by atoms with Crippen molar-refractivity contribution in [2.24, 2.45) is 5.92 Å². The first kappa shape index (κ1) is 17.2. The van der Waals surface area contributed by atoms with Crippen LogP contribution in [0.1, 0.15) is 26.3 Å². The van der Waals surface area contributed by atoms with E-state index in [0.717, 1.165) is 18.7 Å². The maximum absolute atomic E-state index is 12.4. The van der Waals surface area contributed by atoms with Gasteiger partial charge >= 0.3 is 0 Å². The van der Waals surface area contributed by atoms with Gasteiger partial charge < -0.3 is 4.74 Å². The van der Waals surface area contributed by atoms with Crippen molar-refractivity contribution in [1.29, 1.82) is 0 Å². The van der Waals surface area contributed by atoms with Crippen LogP contribution in [0.3, 0.4) is 0 Å². The maximum Gasteiger partial charge on any atom is 0.216 e. The second kappa shape index (κ2) is 6.98. The molecule has 1 heterocycles. The lowest BCUT2D eigenvalue weighted by Crippen LogP contribution is -2.41. The molecule has 0 bridgehead atoms. The fourth-order valence-electron chi connectivity index (χ4n) is 2.83. The number of rotatable bonds is 6. The highest BCUT2D eigenvalue weighted by atomic mass is 32.2. The molecule has 0 unspecified atom stereocenters. The highest BCUT2D eigenvalue weighted by molar-refractivity contribution is 7.88. The van der Waals surface area contributed by atoms with E-state index >= 15 is 0 Å². The minimum atomic E-state index is -3.36. The molecule has 1 N–H and O–H groups in total. The van der Waals surface area contributed by atoms with Gasteiger partial charge in [-0.1, -0.05) is 19.1 Å². The summed E-state index contributed by atoms with van der Waals surface area (Å²) in [6, 6.07) is 7.61. The minimum absolute atomic E-state index is 0.0157. The van der Waals surface area contributed by atoms with Crippen LogP contribution >= 0.6 is 0 Å². The van der Waals surface area contributed by atoms with E-state index in [1.807, 2.05) is 12.1 Å². The van der Waals surface area contributed by atoms with Crippen LogP contribution in [-0.2, 0) is 15.8 Å². The van der Waals surface area contributed by atoms with Gasteiger partial charge in [-0.25, -0.2) is 13.1 Å². The number of likely N-dealkylation sites (tertiary alicyclic amines) is 1. The Balaban J connectivity index is 2.02. The zero-order chi connectivity index (χ0) is 16.3. The van der Waals surface area contributed by atoms with Crippen molar-refractivity contribution < 1.29 is 13.2 Å². The number of nitrogens with zero attached hydrogens (tertiary/aromatic N) is 1. The fourth-order valence-corrected chi connectivity index (χ4v) is 4.30. The summed E-state index contributed by atoms with van der Waals surface area (Å²) in [5, 5.41) is 0. The van der Waals surface area contributed by atoms with E-state index in [2.05, 4.69) is 30.4 Å². The number of hydrogen-bond acceptors (Lipinski definition) is 4. The summed E-state index contributed by atoms with van der Waals surface area (Å²) in [5.74, 6) is 0.977. The Morgan fingerprint density at radius 1 is 1.36 bits per heavy atom. The highest BCUT2D eigenvalue weighted by Gasteiger charge is 2.33. The Kier molecular flexibility index (Phi) is 5.47. The largest absolute Gasteiger partial charge is 0.497 e. The molecule has 0 saturated carbocycles. The standard InChI is InChI=1S/C16H26N2O3S/c1-12(2)18-9-13(3)16(10-18)17-22(19,20)11-14-6-5-7-15(8-14)21-4/h5-8,12-13,16-17H,9-11H2,1-4H3/t13-,16+/m1/s1. The zero-order valence-corrected chi connectivity index (χ0v) is 14.6. The topological polar surface area (TPSA) is 58.6 Å². The second-order valence-corrected chi connectivity index (χ2v) is 8.11. The number of methoxy groups -OCH3 is 1. The Labute approximate surface area is 133 Å². The van der Waals surface area contributed by atoms with Gasteiger partial charge in [0.25, 0.3) is 0 Å². The summed E-state index contributed by atoms with van der Waals surface area (Å²) in [7, 11) is -1.78. The SMILES string of the molecule is COc1cccc(CS(=O)(=O)N[C@H]2CN(C(C)C)C[C@H]2C)c1. The van der Waals surface area contributed by atoms with Gasteiger partial charge in [-0.2, -0.15) is 0 Å². The van der Waals surface area contributed by atoms with E-state index in [-0.39, 0.29) is 11.8 Å². The van der Waals surface area contributed by atoms with E-state index in [1.165, 1.54) is 0 Å². The Bertz CT molecular complexity index is 601. The van der Waals surface area contributed by atoms with E-state index in [1.54, 1.807) is 19.2 Å². The van der Waals surface area contributed by atoms with E-state index in [0.29, 0.717) is 17.7 Å². The minimum Gasteiger partial charge on any atom is -0.497 e. The van der Waals surface area contributed by atoms with Crippen LogP contribution in [0.4, 0.5) is 0 Å². The molecule has 0 radical (unpaired) electrons. The molecule has 0 spiro atoms. The third-order valence-electron chi connectivity index (χ3n) is 4.19. The van der Waals surface area contributed by atoms with Crippen LogP contribution in [0.2, 0.25) is 0 Å². The highest BCUT2D eigenvalue weighted by Crippen LogP contribution is 2.20. The first-order valence-corrected chi connectivity index (χ1v) is 9.33. The van der Waals surface area contributed by atoms with Gasteiger partial charge in [0.2, 0.25) is 10.0 Å². The number of sulfonamides is 1. The van der Waals surface area contributed by atoms with Crippen LogP contribution in [-0.4, -0.2) is 45.6 Å². The summed E-state index contributed by atoms with van der Waals surface area (Å²) in [6.45, 7) is 8.08. The van der Waals surface area contributed by atoms with Crippen molar-refractivity contribution in [2.45, 2.75) is 38.6 Å². The van der Waals surface area contributed by atoms with Crippen molar-refractivity contribution in [1.82, 2.24) is 9.62 Å². The van der Waals surface area contributed by atoms with Gasteiger partial charge in [0.15, 0.2) is 0 Å². The molecule has 5 nitrogen and oxygen atoms in total. The van der Waals surface area contributed by atoms with Crippen LogP contribution in [0.25, 0.3) is 0 Å². The molecule has 124 valence electrons. The lowest BCUT2D eigenvalue weighted by Gasteiger charge is -2.20. The average Bonchev–Trinajstić information content (AvgIpc) is 2.79. The van der Waals surface area contributed by atoms with Gasteiger partial charge in [0.05, 0.1) is 12.9 Å². The summed E-state index contributed by atoms with van der Waals surface area (Å²) in [4.78, 5) is 2.31. The Morgan fingerprint density at radius 2 is 2.09 bits per heavy atom. The second-order valence-electron chi connectivity index (χ2n) is 6.36. The monoisotopic (exact) mass is 326 g/mol. The molecule has 1 aromatic rings. The molecule has 1 fully saturated rings. The van der Waals surface area contributed by atoms with Crippen molar-refractivity contribution >= 4 is 10.0 Å². The van der Waals surface area contributed by atoms with Gasteiger partial charge in [-0.05, 0) is 37.5 Å². The summed E-state index contributed by atoms with van der Waals surface area (Å²) >= 11 is 0. The smallest absolute Gasteiger partial charge is 0.216 e. The van der Waals surface area contributed by atoms with Crippen molar-refractivity contribution in [3.8, 4) is 5.75 Å². The molecular formula is C16H26N2O3S. The van der Waals surface area contributed by atoms with Gasteiger partial charge in [-0.15, -0.1) is 0 Å². The third kappa shape index (κ3) is 4.44. The summed E-state index contributed by atoms with van der Waals surface area (Å²) in [6.07, 6.45) is 0. The number of nitrogens with one attached hydrogen (secondary N) is 1. The predicted octanol–water partition coefficient (Wildman–Crippen LogP) is 1.84. The Morgan fingerprint density at radius 3 is 2.68 bits per heavy atom. The lowest BCUT2D eigenvalue weighted by atomic mass is 10.1. The van der Waals surface area contributed by atoms with Crippen molar-refractivity contribution in [2.75, 3.05) is 20.2 Å². The number of hydrogen-bond donors (Lipinski definition) is 1. The van der Waals surface area contributed by atoms with Gasteiger partial charge in [0.1, 0.15) is 5.75 Å². The number of benzene rings is 1. The molecule has 6 heteroatoms. The fraction of sp³-hybridized carbons (Fsp3) is 0.625. The zero-order valence-electron chi connectivity index (χ0n) is 13.7. The summed E-state index contributed by atoms with van der Waals surface area (Å²) < 4.78 is 32.8. The lowest BCUT2D eigenvalue weighted by molar-refractivity contribution is 0.265. The first-order chi connectivity index (χ1) is 10.3. The molecule has 2 atom stereocenters. The average molecular weight is 326 g/mol. The van der Waals surface area contributed by atoms with E-state index in [4.69, 9.17) is 4.74 Å². The molecular weight excluding hydrogens is 300 g/mol. The molecule has 1 aliphatic heterocycles. The predicted molar refractivity (Wildman–Crippen MR) is 88.4 cm³/mol.